The van der Waals surface area contributed by atoms with E-state index < -0.39 is 0 Å². The predicted octanol–water partition coefficient (Wildman–Crippen LogP) is 5.58. The molecule has 0 saturated heterocycles. The monoisotopic (exact) mass is 266 g/mol. The lowest BCUT2D eigenvalue weighted by molar-refractivity contribution is 0.627. The molecule has 0 aliphatic heterocycles. The quantitative estimate of drug-likeness (QED) is 0.667. The van der Waals surface area contributed by atoms with Crippen LogP contribution in [0.5, 0.6) is 0 Å². The van der Waals surface area contributed by atoms with Gasteiger partial charge in [0, 0.05) is 0 Å². The Balaban J connectivity index is 2.10. The van der Waals surface area contributed by atoms with Gasteiger partial charge in [0.05, 0.1) is 0 Å². The van der Waals surface area contributed by atoms with Crippen molar-refractivity contribution in [2.45, 2.75) is 52.9 Å². The van der Waals surface area contributed by atoms with Gasteiger partial charge in [-0.2, -0.15) is 0 Å². The molecule has 0 N–H and O–H groups in total. The van der Waals surface area contributed by atoms with E-state index in [0.717, 1.165) is 11.8 Å². The van der Waals surface area contributed by atoms with Crippen molar-refractivity contribution in [3.63, 3.8) is 0 Å². The second-order valence-corrected chi connectivity index (χ2v) is 6.71. The summed E-state index contributed by atoms with van der Waals surface area (Å²) in [5.74, 6) is 1.67. The fourth-order valence-corrected chi connectivity index (χ4v) is 3.74. The van der Waals surface area contributed by atoms with E-state index in [-0.39, 0.29) is 0 Å². The summed E-state index contributed by atoms with van der Waals surface area (Å²) in [6.45, 7) is 11.0. The molecule has 0 spiro atoms. The van der Waals surface area contributed by atoms with Gasteiger partial charge < -0.3 is 0 Å². The van der Waals surface area contributed by atoms with E-state index in [1.54, 1.807) is 16.7 Å². The minimum absolute atomic E-state index is 0.801. The first-order chi connectivity index (χ1) is 9.63. The molecule has 1 atom stereocenters. The number of rotatable bonds is 4. The number of hydrogen-bond donors (Lipinski definition) is 0. The minimum atomic E-state index is 0.801. The maximum atomic E-state index is 4.04. The molecule has 1 fully saturated rings. The highest BCUT2D eigenvalue weighted by atomic mass is 14.3. The van der Waals surface area contributed by atoms with E-state index in [9.17, 15) is 0 Å². The first-order valence-corrected chi connectivity index (χ1v) is 8.12. The van der Waals surface area contributed by atoms with Gasteiger partial charge in [0.25, 0.3) is 0 Å². The first-order valence-electron chi connectivity index (χ1n) is 8.12. The van der Waals surface area contributed by atoms with Gasteiger partial charge in [0.15, 0.2) is 0 Å². The lowest BCUT2D eigenvalue weighted by Crippen LogP contribution is -1.97. The molecule has 0 unspecified atom stereocenters. The van der Waals surface area contributed by atoms with Crippen LogP contribution in [0.1, 0.15) is 60.9 Å². The standard InChI is InChI=1S/C20H26/c1-5-15(17-7-8-17)12-20-14(4)19-10-13(3)9-18(19)11-16(20)6-2/h6,11-13,17H,2,5,7-10H2,1,3-4H3/b15-12+/t13-/m0/s1. The number of benzene rings is 1. The predicted molar refractivity (Wildman–Crippen MR) is 88.8 cm³/mol. The number of fused-ring (bicyclic) bond motifs is 1. The van der Waals surface area contributed by atoms with Gasteiger partial charge in [-0.3, -0.25) is 0 Å². The fourth-order valence-electron chi connectivity index (χ4n) is 3.74. The molecule has 0 heterocycles. The molecule has 1 aromatic carbocycles. The van der Waals surface area contributed by atoms with Crippen LogP contribution in [0.15, 0.2) is 18.2 Å². The summed E-state index contributed by atoms with van der Waals surface area (Å²) in [6, 6.07) is 2.39. The highest BCUT2D eigenvalue weighted by molar-refractivity contribution is 5.71. The van der Waals surface area contributed by atoms with E-state index in [1.807, 2.05) is 6.08 Å². The van der Waals surface area contributed by atoms with Crippen molar-refractivity contribution < 1.29 is 0 Å². The van der Waals surface area contributed by atoms with Crippen LogP contribution < -0.4 is 0 Å². The van der Waals surface area contributed by atoms with Crippen LogP contribution in [0.2, 0.25) is 0 Å². The third-order valence-corrected chi connectivity index (χ3v) is 5.07. The Morgan fingerprint density at radius 2 is 2.10 bits per heavy atom. The third-order valence-electron chi connectivity index (χ3n) is 5.07. The van der Waals surface area contributed by atoms with Crippen molar-refractivity contribution in [1.82, 2.24) is 0 Å². The summed E-state index contributed by atoms with van der Waals surface area (Å²) in [6.07, 6.45) is 11.0. The van der Waals surface area contributed by atoms with Crippen LogP contribution in [0, 0.1) is 18.8 Å². The molecule has 2 aliphatic rings. The second kappa shape index (κ2) is 5.24. The Labute approximate surface area is 123 Å². The normalized spacial score (nSPS) is 21.9. The lowest BCUT2D eigenvalue weighted by atomic mass is 9.91. The van der Waals surface area contributed by atoms with Crippen LogP contribution >= 0.6 is 0 Å². The van der Waals surface area contributed by atoms with Gasteiger partial charge in [-0.1, -0.05) is 44.2 Å². The summed E-state index contributed by atoms with van der Waals surface area (Å²) < 4.78 is 0. The highest BCUT2D eigenvalue weighted by Crippen LogP contribution is 2.41. The van der Waals surface area contributed by atoms with Gasteiger partial charge in [0.2, 0.25) is 0 Å². The van der Waals surface area contributed by atoms with E-state index in [0.29, 0.717) is 0 Å². The largest absolute Gasteiger partial charge is 0.0984 e. The van der Waals surface area contributed by atoms with Crippen molar-refractivity contribution in [3.05, 3.63) is 46.0 Å². The van der Waals surface area contributed by atoms with E-state index in [4.69, 9.17) is 0 Å². The summed E-state index contributed by atoms with van der Waals surface area (Å²) in [5, 5.41) is 0. The van der Waals surface area contributed by atoms with Crippen LogP contribution in [-0.4, -0.2) is 0 Å². The molecule has 3 rings (SSSR count). The van der Waals surface area contributed by atoms with Crippen molar-refractivity contribution >= 4 is 12.2 Å². The van der Waals surface area contributed by atoms with E-state index >= 15 is 0 Å². The summed E-state index contributed by atoms with van der Waals surface area (Å²) >= 11 is 0. The van der Waals surface area contributed by atoms with Crippen molar-refractivity contribution in [3.8, 4) is 0 Å². The van der Waals surface area contributed by atoms with Crippen molar-refractivity contribution in [2.24, 2.45) is 11.8 Å². The number of allylic oxidation sites excluding steroid dienone is 1. The maximum Gasteiger partial charge on any atom is -0.0152 e. The molecule has 1 saturated carbocycles. The zero-order chi connectivity index (χ0) is 14.3. The molecule has 1 aromatic rings. The molecule has 2 aliphatic carbocycles. The molecular formula is C20H26. The third kappa shape index (κ3) is 2.37. The zero-order valence-electron chi connectivity index (χ0n) is 13.1. The Morgan fingerprint density at radius 1 is 1.35 bits per heavy atom. The Hall–Kier alpha value is -1.30. The Morgan fingerprint density at radius 3 is 2.70 bits per heavy atom. The average molecular weight is 266 g/mol. The van der Waals surface area contributed by atoms with E-state index in [2.05, 4.69) is 39.5 Å². The molecule has 0 amide bonds. The molecular weight excluding hydrogens is 240 g/mol. The van der Waals surface area contributed by atoms with Gasteiger partial charge >= 0.3 is 0 Å². The molecule has 20 heavy (non-hydrogen) atoms. The van der Waals surface area contributed by atoms with Crippen LogP contribution in [-0.2, 0) is 12.8 Å². The smallest absolute Gasteiger partial charge is 0.0152 e. The minimum Gasteiger partial charge on any atom is -0.0984 e. The topological polar surface area (TPSA) is 0 Å². The molecule has 0 aromatic heterocycles. The summed E-state index contributed by atoms with van der Waals surface area (Å²) in [4.78, 5) is 0. The van der Waals surface area contributed by atoms with Crippen molar-refractivity contribution in [1.29, 1.82) is 0 Å². The molecule has 0 radical (unpaired) electrons. The second-order valence-electron chi connectivity index (χ2n) is 6.71. The highest BCUT2D eigenvalue weighted by Gasteiger charge is 2.26. The first kappa shape index (κ1) is 13.7. The summed E-state index contributed by atoms with van der Waals surface area (Å²) in [7, 11) is 0. The molecule has 106 valence electrons. The zero-order valence-corrected chi connectivity index (χ0v) is 13.1. The van der Waals surface area contributed by atoms with Crippen LogP contribution in [0.3, 0.4) is 0 Å². The van der Waals surface area contributed by atoms with Crippen LogP contribution in [0.4, 0.5) is 0 Å². The van der Waals surface area contributed by atoms with Gasteiger partial charge in [-0.15, -0.1) is 0 Å². The summed E-state index contributed by atoms with van der Waals surface area (Å²) in [5.41, 5.74) is 9.10. The van der Waals surface area contributed by atoms with Crippen molar-refractivity contribution in [2.75, 3.05) is 0 Å². The molecule has 0 heteroatoms. The molecule has 0 bridgehead atoms. The van der Waals surface area contributed by atoms with E-state index in [1.165, 1.54) is 48.8 Å². The lowest BCUT2D eigenvalue weighted by Gasteiger charge is -2.14. The Kier molecular flexibility index (Phi) is 3.58. The SMILES string of the molecule is C=Cc1cc2c(c(C)c1/C=C(\CC)C1CC1)C[C@@H](C)C2. The molecule has 0 nitrogen and oxygen atoms in total. The van der Waals surface area contributed by atoms with Crippen LogP contribution in [0.25, 0.3) is 12.2 Å². The fraction of sp³-hybridized carbons (Fsp3) is 0.500. The van der Waals surface area contributed by atoms with Gasteiger partial charge in [0.1, 0.15) is 0 Å². The number of hydrogen-bond acceptors (Lipinski definition) is 0. The Bertz CT molecular complexity index is 570. The van der Waals surface area contributed by atoms with Gasteiger partial charge in [-0.05, 0) is 78.7 Å². The maximum absolute atomic E-state index is 4.04. The average Bonchev–Trinajstić information content (AvgIpc) is 3.20. The van der Waals surface area contributed by atoms with Gasteiger partial charge in [-0.25, -0.2) is 0 Å².